The normalized spacial score (nSPS) is 12.3. The Balaban J connectivity index is 2.56. The molecule has 8 heteroatoms. The van der Waals surface area contributed by atoms with Crippen LogP contribution in [0, 0.1) is 0 Å². The molecule has 0 unspecified atom stereocenters. The molecular weight excluding hydrogens is 312 g/mol. The smallest absolute Gasteiger partial charge is 0.324 e. The van der Waals surface area contributed by atoms with E-state index in [1.54, 1.807) is 12.1 Å². The Morgan fingerprint density at radius 1 is 1.38 bits per heavy atom. The van der Waals surface area contributed by atoms with Crippen LogP contribution in [-0.4, -0.2) is 34.9 Å². The van der Waals surface area contributed by atoms with E-state index < -0.39 is 18.9 Å². The van der Waals surface area contributed by atoms with Crippen molar-refractivity contribution < 1.29 is 22.3 Å². The molecule has 0 saturated heterocycles. The highest BCUT2D eigenvalue weighted by Crippen LogP contribution is 2.31. The van der Waals surface area contributed by atoms with Crippen molar-refractivity contribution in [2.24, 2.45) is 0 Å². The van der Waals surface area contributed by atoms with Crippen LogP contribution in [0.15, 0.2) is 18.2 Å². The Kier molecular flexibility index (Phi) is 4.61. The molecule has 1 aromatic heterocycles. The van der Waals surface area contributed by atoms with Gasteiger partial charge in [0.2, 0.25) is 0 Å². The van der Waals surface area contributed by atoms with Gasteiger partial charge >= 0.3 is 12.3 Å². The Morgan fingerprint density at radius 3 is 2.67 bits per heavy atom. The fraction of sp³-hybridized carbons (Fsp3) is 0.462. The van der Waals surface area contributed by atoms with Crippen LogP contribution in [0.4, 0.5) is 17.6 Å². The van der Waals surface area contributed by atoms with Gasteiger partial charge in [0.1, 0.15) is 17.1 Å². The maximum Gasteiger partial charge on any atom is 0.324 e. The predicted molar refractivity (Wildman–Crippen MR) is 71.7 cm³/mol. The Bertz CT molecular complexity index is 630. The van der Waals surface area contributed by atoms with Crippen LogP contribution in [0.5, 0.6) is 5.75 Å². The van der Waals surface area contributed by atoms with Crippen LogP contribution in [-0.2, 0) is 13.0 Å². The van der Waals surface area contributed by atoms with E-state index in [1.165, 1.54) is 13.2 Å². The SMILES string of the molecule is COc1cccc2c1nc(CCCl)n2CC(F)(F)C(F)F. The summed E-state index contributed by atoms with van der Waals surface area (Å²) in [5.74, 6) is -3.38. The van der Waals surface area contributed by atoms with Crippen LogP contribution in [0.2, 0.25) is 0 Å². The first kappa shape index (κ1) is 15.9. The molecule has 0 bridgehead atoms. The first-order valence-electron chi connectivity index (χ1n) is 6.14. The lowest BCUT2D eigenvalue weighted by molar-refractivity contribution is -0.137. The number of para-hydroxylation sites is 1. The van der Waals surface area contributed by atoms with Crippen LogP contribution in [0.25, 0.3) is 11.0 Å². The third-order valence-electron chi connectivity index (χ3n) is 3.05. The zero-order valence-corrected chi connectivity index (χ0v) is 11.9. The topological polar surface area (TPSA) is 27.1 Å². The molecule has 0 aliphatic carbocycles. The predicted octanol–water partition coefficient (Wildman–Crippen LogP) is 3.73. The number of hydrogen-bond acceptors (Lipinski definition) is 2. The van der Waals surface area contributed by atoms with Gasteiger partial charge in [0.15, 0.2) is 0 Å². The maximum absolute atomic E-state index is 13.4. The monoisotopic (exact) mass is 324 g/mol. The van der Waals surface area contributed by atoms with Gasteiger partial charge in [-0.3, -0.25) is 0 Å². The quantitative estimate of drug-likeness (QED) is 0.598. The molecule has 2 rings (SSSR count). The van der Waals surface area contributed by atoms with E-state index >= 15 is 0 Å². The lowest BCUT2D eigenvalue weighted by atomic mass is 10.2. The molecule has 0 spiro atoms. The number of alkyl halides is 5. The van der Waals surface area contributed by atoms with Crippen LogP contribution in [0.1, 0.15) is 5.82 Å². The molecule has 0 aliphatic rings. The number of ether oxygens (including phenoxy) is 1. The minimum absolute atomic E-state index is 0.145. The van der Waals surface area contributed by atoms with E-state index in [2.05, 4.69) is 4.98 Å². The number of halogens is 5. The van der Waals surface area contributed by atoms with Gasteiger partial charge in [0.25, 0.3) is 0 Å². The van der Waals surface area contributed by atoms with E-state index in [0.29, 0.717) is 16.8 Å². The van der Waals surface area contributed by atoms with E-state index in [4.69, 9.17) is 16.3 Å². The number of imidazole rings is 1. The van der Waals surface area contributed by atoms with Crippen LogP contribution < -0.4 is 4.74 Å². The molecule has 0 N–H and O–H groups in total. The van der Waals surface area contributed by atoms with E-state index in [-0.39, 0.29) is 18.1 Å². The Labute approximate surface area is 123 Å². The molecule has 0 fully saturated rings. The molecule has 2 aromatic rings. The average molecular weight is 325 g/mol. The zero-order chi connectivity index (χ0) is 15.6. The highest BCUT2D eigenvalue weighted by Gasteiger charge is 2.42. The Hall–Kier alpha value is -1.50. The van der Waals surface area contributed by atoms with Gasteiger partial charge in [-0.15, -0.1) is 11.6 Å². The zero-order valence-electron chi connectivity index (χ0n) is 11.1. The second-order valence-electron chi connectivity index (χ2n) is 4.44. The summed E-state index contributed by atoms with van der Waals surface area (Å²) in [6.07, 6.45) is -3.55. The Morgan fingerprint density at radius 2 is 2.10 bits per heavy atom. The summed E-state index contributed by atoms with van der Waals surface area (Å²) >= 11 is 5.62. The minimum Gasteiger partial charge on any atom is -0.494 e. The number of nitrogens with zero attached hydrogens (tertiary/aromatic N) is 2. The highest BCUT2D eigenvalue weighted by atomic mass is 35.5. The standard InChI is InChI=1S/C13H13ClF4N2O/c1-21-9-4-2-3-8-11(9)19-10(5-6-14)20(8)7-13(17,18)12(15)16/h2-4,12H,5-7H2,1H3. The average Bonchev–Trinajstić information content (AvgIpc) is 2.76. The van der Waals surface area contributed by atoms with Crippen molar-refractivity contribution in [3.8, 4) is 5.75 Å². The summed E-state index contributed by atoms with van der Waals surface area (Å²) in [5.41, 5.74) is 0.667. The fourth-order valence-corrected chi connectivity index (χ4v) is 2.23. The minimum atomic E-state index is -4.14. The van der Waals surface area contributed by atoms with Crippen LogP contribution >= 0.6 is 11.6 Å². The molecule has 0 saturated carbocycles. The van der Waals surface area contributed by atoms with Gasteiger partial charge in [0.05, 0.1) is 19.2 Å². The van der Waals surface area contributed by atoms with Gasteiger partial charge in [-0.2, -0.15) is 8.78 Å². The van der Waals surface area contributed by atoms with Crippen molar-refractivity contribution in [3.05, 3.63) is 24.0 Å². The third kappa shape index (κ3) is 3.07. The number of aromatic nitrogens is 2. The van der Waals surface area contributed by atoms with E-state index in [1.807, 2.05) is 0 Å². The van der Waals surface area contributed by atoms with Crippen molar-refractivity contribution in [1.82, 2.24) is 9.55 Å². The molecule has 0 radical (unpaired) electrons. The maximum atomic E-state index is 13.4. The fourth-order valence-electron chi connectivity index (χ4n) is 2.07. The van der Waals surface area contributed by atoms with E-state index in [0.717, 1.165) is 4.57 Å². The number of methoxy groups -OCH3 is 1. The first-order valence-corrected chi connectivity index (χ1v) is 6.68. The second-order valence-corrected chi connectivity index (χ2v) is 4.82. The van der Waals surface area contributed by atoms with Crippen molar-refractivity contribution in [2.45, 2.75) is 25.3 Å². The molecule has 1 aromatic carbocycles. The molecule has 0 amide bonds. The molecule has 3 nitrogen and oxygen atoms in total. The van der Waals surface area contributed by atoms with Crippen molar-refractivity contribution >= 4 is 22.6 Å². The molecule has 21 heavy (non-hydrogen) atoms. The van der Waals surface area contributed by atoms with Gasteiger partial charge in [-0.25, -0.2) is 13.8 Å². The number of hydrogen-bond donors (Lipinski definition) is 0. The van der Waals surface area contributed by atoms with Crippen LogP contribution in [0.3, 0.4) is 0 Å². The van der Waals surface area contributed by atoms with Crippen molar-refractivity contribution in [2.75, 3.05) is 13.0 Å². The summed E-state index contributed by atoms with van der Waals surface area (Å²) in [7, 11) is 1.42. The van der Waals surface area contributed by atoms with E-state index in [9.17, 15) is 17.6 Å². The van der Waals surface area contributed by atoms with Crippen molar-refractivity contribution in [3.63, 3.8) is 0 Å². The molecule has 0 atom stereocenters. The highest BCUT2D eigenvalue weighted by molar-refractivity contribution is 6.17. The largest absolute Gasteiger partial charge is 0.494 e. The number of benzene rings is 1. The van der Waals surface area contributed by atoms with Gasteiger partial charge < -0.3 is 9.30 Å². The van der Waals surface area contributed by atoms with Crippen molar-refractivity contribution in [1.29, 1.82) is 0 Å². The lowest BCUT2D eigenvalue weighted by Crippen LogP contribution is -2.32. The number of aryl methyl sites for hydroxylation is 1. The molecule has 116 valence electrons. The summed E-state index contributed by atoms with van der Waals surface area (Å²) < 4.78 is 57.8. The summed E-state index contributed by atoms with van der Waals surface area (Å²) in [5, 5.41) is 0. The number of rotatable bonds is 6. The molecule has 1 heterocycles. The van der Waals surface area contributed by atoms with Gasteiger partial charge in [0, 0.05) is 12.3 Å². The first-order chi connectivity index (χ1) is 9.90. The second kappa shape index (κ2) is 6.09. The lowest BCUT2D eigenvalue weighted by Gasteiger charge is -2.18. The summed E-state index contributed by atoms with van der Waals surface area (Å²) in [6.45, 7) is -1.15. The molecular formula is C13H13ClF4N2O. The van der Waals surface area contributed by atoms with Gasteiger partial charge in [-0.1, -0.05) is 6.07 Å². The molecule has 0 aliphatic heterocycles. The van der Waals surface area contributed by atoms with Gasteiger partial charge in [-0.05, 0) is 12.1 Å². The summed E-state index contributed by atoms with van der Waals surface area (Å²) in [4.78, 5) is 4.19. The number of fused-ring (bicyclic) bond motifs is 1. The summed E-state index contributed by atoms with van der Waals surface area (Å²) in [6, 6.07) is 4.74. The third-order valence-corrected chi connectivity index (χ3v) is 3.24.